The van der Waals surface area contributed by atoms with E-state index < -0.39 is 17.4 Å². The van der Waals surface area contributed by atoms with Gasteiger partial charge in [-0.1, -0.05) is 37.8 Å². The van der Waals surface area contributed by atoms with Crippen molar-refractivity contribution in [3.63, 3.8) is 0 Å². The number of amides is 2. The van der Waals surface area contributed by atoms with Gasteiger partial charge in [0.25, 0.3) is 5.91 Å². The molecular weight excluding hydrogens is 460 g/mol. The number of esters is 1. The van der Waals surface area contributed by atoms with Crippen molar-refractivity contribution in [3.05, 3.63) is 47.3 Å². The van der Waals surface area contributed by atoms with Crippen LogP contribution in [-0.2, 0) is 22.6 Å². The summed E-state index contributed by atoms with van der Waals surface area (Å²) in [5.74, 6) is -0.841. The molecule has 1 fully saturated rings. The predicted molar refractivity (Wildman–Crippen MR) is 124 cm³/mol. The summed E-state index contributed by atoms with van der Waals surface area (Å²) in [6.07, 6.45) is 6.32. The molecular formula is C24H29ClN4O5. The van der Waals surface area contributed by atoms with E-state index >= 15 is 0 Å². The van der Waals surface area contributed by atoms with Gasteiger partial charge in [-0.05, 0) is 37.5 Å². The number of benzene rings is 1. The number of nitrogens with one attached hydrogen (secondary N) is 1. The van der Waals surface area contributed by atoms with Crippen LogP contribution in [-0.4, -0.2) is 51.2 Å². The number of halogens is 1. The zero-order valence-corrected chi connectivity index (χ0v) is 20.1. The van der Waals surface area contributed by atoms with Gasteiger partial charge in [-0.2, -0.15) is 5.10 Å². The maximum Gasteiger partial charge on any atom is 0.358 e. The lowest BCUT2D eigenvalue weighted by molar-refractivity contribution is -0.134. The second-order valence-electron chi connectivity index (χ2n) is 9.12. The van der Waals surface area contributed by atoms with Gasteiger partial charge in [-0.25, -0.2) is 4.79 Å². The SMILES string of the molecule is COC(=O)c1cc2n(n1)CC(C)(C(=O)NC1CCCCCC1)N(Cc1cccc(OCl)c1)C2=O. The Morgan fingerprint density at radius 2 is 1.94 bits per heavy atom. The van der Waals surface area contributed by atoms with Crippen molar-refractivity contribution < 1.29 is 23.4 Å². The standard InChI is InChI=1S/C24H29ClN4O5/c1-24(23(32)26-17-9-5-3-4-6-10-17)15-29-20(13-19(27-29)22(31)33-2)21(30)28(24)14-16-8-7-11-18(12-16)34-25/h7-8,11-13,17H,3-6,9-10,14-15H2,1-2H3,(H,26,32). The van der Waals surface area contributed by atoms with E-state index in [4.69, 9.17) is 20.9 Å². The van der Waals surface area contributed by atoms with Crippen LogP contribution in [0.15, 0.2) is 30.3 Å². The van der Waals surface area contributed by atoms with E-state index in [2.05, 4.69) is 10.4 Å². The van der Waals surface area contributed by atoms with E-state index in [0.717, 1.165) is 31.2 Å². The van der Waals surface area contributed by atoms with Crippen molar-refractivity contribution in [3.8, 4) is 5.75 Å². The number of hydrogen-bond donors (Lipinski definition) is 1. The molecule has 2 aliphatic rings. The molecule has 9 nitrogen and oxygen atoms in total. The van der Waals surface area contributed by atoms with Crippen LogP contribution < -0.4 is 9.61 Å². The molecule has 0 spiro atoms. The lowest BCUT2D eigenvalue weighted by Gasteiger charge is -2.44. The van der Waals surface area contributed by atoms with Gasteiger partial charge < -0.3 is 19.2 Å². The second kappa shape index (κ2) is 10.0. The van der Waals surface area contributed by atoms with Crippen molar-refractivity contribution in [2.45, 2.75) is 70.1 Å². The van der Waals surface area contributed by atoms with Crippen LogP contribution >= 0.6 is 11.9 Å². The number of hydrogen-bond acceptors (Lipinski definition) is 6. The summed E-state index contributed by atoms with van der Waals surface area (Å²) < 4.78 is 11.0. The lowest BCUT2D eigenvalue weighted by Crippen LogP contribution is -2.64. The maximum absolute atomic E-state index is 13.7. The van der Waals surface area contributed by atoms with Gasteiger partial charge in [0.2, 0.25) is 5.91 Å². The van der Waals surface area contributed by atoms with E-state index in [-0.39, 0.29) is 36.4 Å². The molecule has 0 bridgehead atoms. The summed E-state index contributed by atoms with van der Waals surface area (Å²) in [5, 5.41) is 7.45. The number of aromatic nitrogens is 2. The van der Waals surface area contributed by atoms with Crippen LogP contribution in [0.4, 0.5) is 0 Å². The minimum Gasteiger partial charge on any atom is -0.464 e. The molecule has 1 N–H and O–H groups in total. The molecule has 0 radical (unpaired) electrons. The van der Waals surface area contributed by atoms with Crippen LogP contribution in [0.3, 0.4) is 0 Å². The average molecular weight is 489 g/mol. The summed E-state index contributed by atoms with van der Waals surface area (Å²) in [4.78, 5) is 40.9. The zero-order valence-electron chi connectivity index (χ0n) is 19.4. The van der Waals surface area contributed by atoms with Crippen molar-refractivity contribution in [1.29, 1.82) is 0 Å². The van der Waals surface area contributed by atoms with Crippen LogP contribution in [0, 0.1) is 0 Å². The molecule has 2 heterocycles. The van der Waals surface area contributed by atoms with Gasteiger partial charge in [0.05, 0.1) is 13.7 Å². The topological polar surface area (TPSA) is 103 Å². The Balaban J connectivity index is 1.69. The Hall–Kier alpha value is -3.07. The summed E-state index contributed by atoms with van der Waals surface area (Å²) >= 11 is 5.51. The first-order chi connectivity index (χ1) is 16.4. The highest BCUT2D eigenvalue weighted by Gasteiger charge is 2.48. The highest BCUT2D eigenvalue weighted by molar-refractivity contribution is 6.09. The third-order valence-corrected chi connectivity index (χ3v) is 6.88. The molecule has 1 aromatic heterocycles. The molecule has 1 aromatic carbocycles. The maximum atomic E-state index is 13.7. The molecule has 2 amide bonds. The van der Waals surface area contributed by atoms with E-state index in [0.29, 0.717) is 5.75 Å². The van der Waals surface area contributed by atoms with Crippen molar-refractivity contribution in [2.24, 2.45) is 0 Å². The first-order valence-corrected chi connectivity index (χ1v) is 11.8. The number of carbonyl (C=O) groups excluding carboxylic acids is 3. The first-order valence-electron chi connectivity index (χ1n) is 11.5. The van der Waals surface area contributed by atoms with Crippen LogP contribution in [0.25, 0.3) is 0 Å². The molecule has 1 saturated carbocycles. The summed E-state index contributed by atoms with van der Waals surface area (Å²) in [6, 6.07) is 8.50. The summed E-state index contributed by atoms with van der Waals surface area (Å²) in [5.41, 5.74) is -0.226. The number of fused-ring (bicyclic) bond motifs is 1. The third-order valence-electron chi connectivity index (χ3n) is 6.70. The Morgan fingerprint density at radius 1 is 1.21 bits per heavy atom. The molecule has 2 aromatic rings. The van der Waals surface area contributed by atoms with E-state index in [1.54, 1.807) is 25.1 Å². The van der Waals surface area contributed by atoms with Gasteiger partial charge in [0.1, 0.15) is 28.8 Å². The minimum atomic E-state index is -1.23. The normalized spacial score (nSPS) is 20.9. The quantitative estimate of drug-likeness (QED) is 0.493. The molecule has 0 saturated heterocycles. The second-order valence-corrected chi connectivity index (χ2v) is 9.27. The fraction of sp³-hybridized carbons (Fsp3) is 0.500. The highest BCUT2D eigenvalue weighted by Crippen LogP contribution is 2.31. The van der Waals surface area contributed by atoms with Gasteiger partial charge in [-0.15, -0.1) is 0 Å². The molecule has 10 heteroatoms. The molecule has 34 heavy (non-hydrogen) atoms. The van der Waals surface area contributed by atoms with Crippen molar-refractivity contribution >= 4 is 29.6 Å². The van der Waals surface area contributed by atoms with Crippen molar-refractivity contribution in [2.75, 3.05) is 7.11 Å². The summed E-state index contributed by atoms with van der Waals surface area (Å²) in [7, 11) is 1.25. The first kappa shape index (κ1) is 24.1. The molecule has 4 rings (SSSR count). The van der Waals surface area contributed by atoms with E-state index in [1.807, 2.05) is 6.07 Å². The van der Waals surface area contributed by atoms with Crippen LogP contribution in [0.2, 0.25) is 0 Å². The van der Waals surface area contributed by atoms with Gasteiger partial charge >= 0.3 is 5.97 Å². The van der Waals surface area contributed by atoms with Gasteiger partial charge in [0.15, 0.2) is 5.69 Å². The third kappa shape index (κ3) is 4.75. The largest absolute Gasteiger partial charge is 0.464 e. The number of ether oxygens (including phenoxy) is 1. The van der Waals surface area contributed by atoms with Crippen LogP contribution in [0.5, 0.6) is 5.75 Å². The number of rotatable bonds is 6. The Morgan fingerprint density at radius 3 is 2.62 bits per heavy atom. The molecule has 182 valence electrons. The zero-order chi connectivity index (χ0) is 24.3. The predicted octanol–water partition coefficient (Wildman–Crippen LogP) is 3.46. The Labute approximate surface area is 203 Å². The molecule has 1 unspecified atom stereocenters. The molecule has 1 atom stereocenters. The monoisotopic (exact) mass is 488 g/mol. The van der Waals surface area contributed by atoms with Crippen LogP contribution in [0.1, 0.15) is 72.0 Å². The Bertz CT molecular complexity index is 1080. The van der Waals surface area contributed by atoms with Gasteiger partial charge in [0, 0.05) is 18.7 Å². The number of methoxy groups -OCH3 is 1. The average Bonchev–Trinajstić information content (AvgIpc) is 3.09. The molecule has 1 aliphatic heterocycles. The lowest BCUT2D eigenvalue weighted by atomic mass is 9.93. The fourth-order valence-electron chi connectivity index (χ4n) is 4.73. The van der Waals surface area contributed by atoms with Gasteiger partial charge in [-0.3, -0.25) is 14.3 Å². The van der Waals surface area contributed by atoms with E-state index in [9.17, 15) is 14.4 Å². The summed E-state index contributed by atoms with van der Waals surface area (Å²) in [6.45, 7) is 2.00. The minimum absolute atomic E-state index is 0.0248. The molecule has 1 aliphatic carbocycles. The highest BCUT2D eigenvalue weighted by atomic mass is 35.5. The fourth-order valence-corrected chi connectivity index (χ4v) is 4.83. The number of carbonyl (C=O) groups is 3. The Kier molecular flexibility index (Phi) is 7.11. The number of nitrogens with zero attached hydrogens (tertiary/aromatic N) is 3. The van der Waals surface area contributed by atoms with Crippen molar-refractivity contribution in [1.82, 2.24) is 20.0 Å². The van der Waals surface area contributed by atoms with E-state index in [1.165, 1.54) is 35.6 Å². The smallest absolute Gasteiger partial charge is 0.358 e.